The Morgan fingerprint density at radius 2 is 1.93 bits per heavy atom. The van der Waals surface area contributed by atoms with Crippen molar-refractivity contribution in [3.63, 3.8) is 0 Å². The van der Waals surface area contributed by atoms with E-state index in [0.29, 0.717) is 18.7 Å². The van der Waals surface area contributed by atoms with Gasteiger partial charge in [0.05, 0.1) is 17.0 Å². The summed E-state index contributed by atoms with van der Waals surface area (Å²) >= 11 is 0. The van der Waals surface area contributed by atoms with E-state index < -0.39 is 16.1 Å². The predicted molar refractivity (Wildman–Crippen MR) is 109 cm³/mol. The van der Waals surface area contributed by atoms with Crippen LogP contribution in [0.2, 0.25) is 0 Å². The molecule has 0 amide bonds. The van der Waals surface area contributed by atoms with Crippen LogP contribution in [0.4, 0.5) is 5.82 Å². The lowest BCUT2D eigenvalue weighted by molar-refractivity contribution is 0.140. The number of nitrogens with one attached hydrogen (secondary N) is 1. The molecule has 1 N–H and O–H groups in total. The lowest BCUT2D eigenvalue weighted by atomic mass is 10.1. The first-order valence-electron chi connectivity index (χ1n) is 9.55. The molecule has 148 valence electrons. The van der Waals surface area contributed by atoms with E-state index in [-0.39, 0.29) is 5.54 Å². The van der Waals surface area contributed by atoms with Gasteiger partial charge in [-0.1, -0.05) is 12.1 Å². The van der Waals surface area contributed by atoms with Crippen LogP contribution in [-0.4, -0.2) is 53.4 Å². The second kappa shape index (κ2) is 6.83. The quantitative estimate of drug-likeness (QED) is 0.634. The zero-order valence-corrected chi connectivity index (χ0v) is 16.5. The van der Waals surface area contributed by atoms with Gasteiger partial charge in [0.2, 0.25) is 0 Å². The summed E-state index contributed by atoms with van der Waals surface area (Å²) in [5, 5.41) is 9.32. The largest absolute Gasteiger partial charge is 0.353 e. The predicted octanol–water partition coefficient (Wildman–Crippen LogP) is 1.79. The van der Waals surface area contributed by atoms with E-state index in [1.807, 2.05) is 12.3 Å². The smallest absolute Gasteiger partial charge is 0.160 e. The summed E-state index contributed by atoms with van der Waals surface area (Å²) in [6.07, 6.45) is 5.34. The highest BCUT2D eigenvalue weighted by Gasteiger charge is 2.54. The van der Waals surface area contributed by atoms with Crippen LogP contribution >= 0.6 is 0 Å². The number of nitrogens with zero attached hydrogens (tertiary/aromatic N) is 5. The van der Waals surface area contributed by atoms with E-state index in [1.165, 1.54) is 0 Å². The minimum Gasteiger partial charge on any atom is -0.353 e. The highest BCUT2D eigenvalue weighted by Crippen LogP contribution is 2.49. The number of nitriles is 1. The van der Waals surface area contributed by atoms with Gasteiger partial charge in [-0.3, -0.25) is 4.90 Å². The molecule has 1 atom stereocenters. The van der Waals surface area contributed by atoms with Crippen LogP contribution in [0.5, 0.6) is 0 Å². The second-order valence-electron chi connectivity index (χ2n) is 7.67. The number of aromatic nitrogens is 3. The lowest BCUT2D eigenvalue weighted by Crippen LogP contribution is -2.56. The summed E-state index contributed by atoms with van der Waals surface area (Å²) in [5.41, 5.74) is 1.88. The maximum atomic E-state index is 12.3. The van der Waals surface area contributed by atoms with Gasteiger partial charge in [-0.2, -0.15) is 5.26 Å². The molecule has 2 aromatic heterocycles. The van der Waals surface area contributed by atoms with Crippen molar-refractivity contribution in [1.82, 2.24) is 19.9 Å². The zero-order chi connectivity index (χ0) is 20.0. The minimum atomic E-state index is -2.69. The highest BCUT2D eigenvalue weighted by molar-refractivity contribution is 7.72. The van der Waals surface area contributed by atoms with Crippen LogP contribution in [0, 0.1) is 11.3 Å². The Morgan fingerprint density at radius 1 is 1.14 bits per heavy atom. The van der Waals surface area contributed by atoms with Gasteiger partial charge in [0.1, 0.15) is 23.2 Å². The maximum Gasteiger partial charge on any atom is 0.160 e. The van der Waals surface area contributed by atoms with Crippen molar-refractivity contribution in [1.29, 1.82) is 5.26 Å². The molecular weight excluding hydrogens is 388 g/mol. The van der Waals surface area contributed by atoms with Crippen molar-refractivity contribution in [2.24, 2.45) is 0 Å². The Hall–Kier alpha value is -2.96. The maximum absolute atomic E-state index is 12.3. The van der Waals surface area contributed by atoms with Gasteiger partial charge < -0.3 is 9.88 Å². The van der Waals surface area contributed by atoms with Gasteiger partial charge in [0.15, 0.2) is 10.7 Å². The van der Waals surface area contributed by atoms with Gasteiger partial charge in [-0.15, -0.1) is 0 Å². The third kappa shape index (κ3) is 3.05. The molecule has 8 nitrogen and oxygen atoms in total. The molecule has 1 aliphatic heterocycles. The van der Waals surface area contributed by atoms with Crippen LogP contribution in [0.15, 0.2) is 42.9 Å². The summed E-state index contributed by atoms with van der Waals surface area (Å²) < 4.78 is 24.5. The highest BCUT2D eigenvalue weighted by atomic mass is 32.2. The lowest BCUT2D eigenvalue weighted by Gasteiger charge is -2.45. The number of aromatic amines is 1. The standard InChI is InChI=1S/C20H20N6O2S/c21-11-14-1-3-15(4-2-14)19(29(27)28)26-10-9-25(12-20(26)6-7-20)18-16-5-8-22-17(16)23-13-24-18/h1-5,8,13,19,29H,6-7,9-10,12H2,(H,22,23,24). The van der Waals surface area contributed by atoms with E-state index >= 15 is 0 Å². The first-order chi connectivity index (χ1) is 14.1. The molecule has 1 aliphatic carbocycles. The van der Waals surface area contributed by atoms with Gasteiger partial charge in [-0.05, 0) is 36.6 Å². The van der Waals surface area contributed by atoms with Crippen LogP contribution in [0.3, 0.4) is 0 Å². The van der Waals surface area contributed by atoms with Gasteiger partial charge in [0.25, 0.3) is 0 Å². The molecule has 1 unspecified atom stereocenters. The molecule has 9 heteroatoms. The van der Waals surface area contributed by atoms with Crippen molar-refractivity contribution in [2.45, 2.75) is 23.8 Å². The van der Waals surface area contributed by atoms with E-state index in [1.54, 1.807) is 30.6 Å². The SMILES string of the molecule is N#Cc1ccc(C(N2CCN(c3ncnc4[nH]ccc34)CC23CC3)[SH](=O)=O)cc1. The van der Waals surface area contributed by atoms with E-state index in [4.69, 9.17) is 5.26 Å². The third-order valence-electron chi connectivity index (χ3n) is 6.00. The molecule has 1 saturated carbocycles. The zero-order valence-electron chi connectivity index (χ0n) is 15.7. The Morgan fingerprint density at radius 3 is 2.62 bits per heavy atom. The van der Waals surface area contributed by atoms with Crippen molar-refractivity contribution >= 4 is 27.6 Å². The van der Waals surface area contributed by atoms with Crippen LogP contribution in [-0.2, 0) is 10.7 Å². The molecule has 1 spiro atoms. The average molecular weight is 408 g/mol. The topological polar surface area (TPSA) is 106 Å². The molecule has 1 saturated heterocycles. The van der Waals surface area contributed by atoms with Crippen molar-refractivity contribution in [3.8, 4) is 6.07 Å². The first kappa shape index (κ1) is 18.1. The summed E-state index contributed by atoms with van der Waals surface area (Å²) in [6, 6.07) is 10.9. The number of H-pyrrole nitrogens is 1. The van der Waals surface area contributed by atoms with Gasteiger partial charge in [-0.25, -0.2) is 18.4 Å². The number of rotatable bonds is 4. The fraction of sp³-hybridized carbons (Fsp3) is 0.350. The van der Waals surface area contributed by atoms with E-state index in [9.17, 15) is 8.42 Å². The minimum absolute atomic E-state index is 0.167. The number of benzene rings is 1. The second-order valence-corrected chi connectivity index (χ2v) is 8.73. The number of thiol groups is 1. The Bertz CT molecular complexity index is 1170. The summed E-state index contributed by atoms with van der Waals surface area (Å²) in [4.78, 5) is 16.3. The Balaban J connectivity index is 1.45. The van der Waals surface area contributed by atoms with Crippen molar-refractivity contribution in [2.75, 3.05) is 24.5 Å². The number of hydrogen-bond donors (Lipinski definition) is 2. The Kier molecular flexibility index (Phi) is 4.26. The molecular formula is C20H20N6O2S. The molecule has 0 radical (unpaired) electrons. The first-order valence-corrected chi connectivity index (χ1v) is 10.8. The van der Waals surface area contributed by atoms with Gasteiger partial charge >= 0.3 is 0 Å². The van der Waals surface area contributed by atoms with Crippen molar-refractivity contribution in [3.05, 3.63) is 54.0 Å². The molecule has 5 rings (SSSR count). The molecule has 3 aromatic rings. The van der Waals surface area contributed by atoms with Crippen LogP contribution in [0.1, 0.15) is 29.3 Å². The number of hydrogen-bond acceptors (Lipinski definition) is 7. The monoisotopic (exact) mass is 408 g/mol. The van der Waals surface area contributed by atoms with Gasteiger partial charge in [0, 0.05) is 31.4 Å². The molecule has 2 aliphatic rings. The molecule has 2 fully saturated rings. The summed E-state index contributed by atoms with van der Waals surface area (Å²) in [6.45, 7) is 2.05. The van der Waals surface area contributed by atoms with Crippen LogP contribution in [0.25, 0.3) is 11.0 Å². The fourth-order valence-electron chi connectivity index (χ4n) is 4.40. The molecule has 0 bridgehead atoms. The Labute approximate surface area is 169 Å². The number of fused-ring (bicyclic) bond motifs is 1. The van der Waals surface area contributed by atoms with E-state index in [2.05, 4.69) is 30.8 Å². The average Bonchev–Trinajstić information content (AvgIpc) is 3.32. The number of anilines is 1. The van der Waals surface area contributed by atoms with Crippen LogP contribution < -0.4 is 4.90 Å². The third-order valence-corrected chi connectivity index (χ3v) is 6.97. The molecule has 29 heavy (non-hydrogen) atoms. The summed E-state index contributed by atoms with van der Waals surface area (Å²) in [5.74, 6) is 0.892. The number of piperazine rings is 1. The van der Waals surface area contributed by atoms with E-state index in [0.717, 1.165) is 41.8 Å². The summed E-state index contributed by atoms with van der Waals surface area (Å²) in [7, 11) is -2.69. The molecule has 3 heterocycles. The molecule has 1 aromatic carbocycles. The normalized spacial score (nSPS) is 19.5. The van der Waals surface area contributed by atoms with Crippen molar-refractivity contribution < 1.29 is 8.42 Å². The fourth-order valence-corrected chi connectivity index (χ4v) is 5.40.